The summed E-state index contributed by atoms with van der Waals surface area (Å²) >= 11 is 12.3. The highest BCUT2D eigenvalue weighted by Gasteiger charge is 2.19. The van der Waals surface area contributed by atoms with Crippen molar-refractivity contribution < 1.29 is 0 Å². The molecule has 1 aliphatic carbocycles. The number of aryl methyl sites for hydroxylation is 1. The SMILES string of the molecule is CC(C)NCCn1c(-c2ccc(Cl)c(Cl)c2)cc2c1CCCC2.Cl. The summed E-state index contributed by atoms with van der Waals surface area (Å²) < 4.78 is 2.48. The van der Waals surface area contributed by atoms with E-state index < -0.39 is 0 Å². The van der Waals surface area contributed by atoms with Gasteiger partial charge in [0.15, 0.2) is 0 Å². The van der Waals surface area contributed by atoms with Gasteiger partial charge in [0.05, 0.1) is 10.0 Å². The number of hydrogen-bond acceptors (Lipinski definition) is 1. The van der Waals surface area contributed by atoms with Gasteiger partial charge < -0.3 is 9.88 Å². The number of fused-ring (bicyclic) bond motifs is 1. The van der Waals surface area contributed by atoms with E-state index in [-0.39, 0.29) is 12.4 Å². The van der Waals surface area contributed by atoms with Crippen LogP contribution in [0.2, 0.25) is 10.0 Å². The first-order valence-corrected chi connectivity index (χ1v) is 9.22. The second-order valence-corrected chi connectivity index (χ2v) is 7.41. The maximum Gasteiger partial charge on any atom is 0.0599 e. The summed E-state index contributed by atoms with van der Waals surface area (Å²) in [5, 5.41) is 4.75. The Hall–Kier alpha value is -0.670. The quantitative estimate of drug-likeness (QED) is 0.690. The minimum Gasteiger partial charge on any atom is -0.343 e. The molecular formula is C19H25Cl3N2. The van der Waals surface area contributed by atoms with Gasteiger partial charge in [0, 0.05) is 30.5 Å². The number of rotatable bonds is 5. The Balaban J connectivity index is 0.00000208. The molecule has 0 amide bonds. The lowest BCUT2D eigenvalue weighted by molar-refractivity contribution is 0.527. The minimum atomic E-state index is 0. The minimum absolute atomic E-state index is 0. The topological polar surface area (TPSA) is 17.0 Å². The molecule has 0 fully saturated rings. The molecule has 1 aromatic heterocycles. The Morgan fingerprint density at radius 2 is 1.83 bits per heavy atom. The average Bonchev–Trinajstić information content (AvgIpc) is 2.89. The van der Waals surface area contributed by atoms with Gasteiger partial charge >= 0.3 is 0 Å². The van der Waals surface area contributed by atoms with Crippen LogP contribution >= 0.6 is 35.6 Å². The van der Waals surface area contributed by atoms with Crippen LogP contribution in [0.3, 0.4) is 0 Å². The van der Waals surface area contributed by atoms with Gasteiger partial charge in [-0.2, -0.15) is 0 Å². The molecule has 0 atom stereocenters. The lowest BCUT2D eigenvalue weighted by atomic mass is 9.98. The van der Waals surface area contributed by atoms with Crippen LogP contribution in [0.25, 0.3) is 11.3 Å². The highest BCUT2D eigenvalue weighted by Crippen LogP contribution is 2.34. The molecule has 5 heteroatoms. The van der Waals surface area contributed by atoms with Crippen molar-refractivity contribution >= 4 is 35.6 Å². The molecule has 2 nitrogen and oxygen atoms in total. The first-order chi connectivity index (χ1) is 11.1. The van der Waals surface area contributed by atoms with E-state index in [1.54, 1.807) is 0 Å². The molecule has 1 heterocycles. The van der Waals surface area contributed by atoms with Gasteiger partial charge in [-0.1, -0.05) is 43.1 Å². The first kappa shape index (κ1) is 19.7. The summed E-state index contributed by atoms with van der Waals surface area (Å²) in [6.45, 7) is 6.34. The fourth-order valence-corrected chi connectivity index (χ4v) is 3.68. The number of nitrogens with zero attached hydrogens (tertiary/aromatic N) is 1. The van der Waals surface area contributed by atoms with Gasteiger partial charge in [-0.25, -0.2) is 0 Å². The van der Waals surface area contributed by atoms with E-state index in [0.717, 1.165) is 18.7 Å². The monoisotopic (exact) mass is 386 g/mol. The molecule has 0 unspecified atom stereocenters. The summed E-state index contributed by atoms with van der Waals surface area (Å²) in [5.41, 5.74) is 5.42. The summed E-state index contributed by atoms with van der Waals surface area (Å²) in [6.07, 6.45) is 4.95. The van der Waals surface area contributed by atoms with Gasteiger partial charge in [-0.3, -0.25) is 0 Å². The maximum absolute atomic E-state index is 6.24. The molecule has 24 heavy (non-hydrogen) atoms. The van der Waals surface area contributed by atoms with Crippen LogP contribution in [-0.4, -0.2) is 17.2 Å². The highest BCUT2D eigenvalue weighted by molar-refractivity contribution is 6.42. The average molecular weight is 388 g/mol. The van der Waals surface area contributed by atoms with E-state index in [1.807, 2.05) is 12.1 Å². The Morgan fingerprint density at radius 1 is 1.08 bits per heavy atom. The number of hydrogen-bond donors (Lipinski definition) is 1. The van der Waals surface area contributed by atoms with E-state index in [4.69, 9.17) is 23.2 Å². The van der Waals surface area contributed by atoms with Crippen LogP contribution in [0.5, 0.6) is 0 Å². The number of benzene rings is 1. The van der Waals surface area contributed by atoms with Crippen molar-refractivity contribution in [2.45, 2.75) is 52.1 Å². The molecule has 2 aromatic rings. The molecule has 0 radical (unpaired) electrons. The third kappa shape index (κ3) is 4.29. The van der Waals surface area contributed by atoms with Crippen LogP contribution in [-0.2, 0) is 19.4 Å². The van der Waals surface area contributed by atoms with Crippen molar-refractivity contribution in [3.63, 3.8) is 0 Å². The third-order valence-corrected chi connectivity index (χ3v) is 5.25. The highest BCUT2D eigenvalue weighted by atomic mass is 35.5. The summed E-state index contributed by atoms with van der Waals surface area (Å²) in [4.78, 5) is 0. The zero-order valence-electron chi connectivity index (χ0n) is 14.2. The lowest BCUT2D eigenvalue weighted by Crippen LogP contribution is -2.27. The van der Waals surface area contributed by atoms with Crippen LogP contribution in [0.1, 0.15) is 37.9 Å². The molecule has 0 saturated carbocycles. The smallest absolute Gasteiger partial charge is 0.0599 e. The second-order valence-electron chi connectivity index (χ2n) is 6.60. The number of halogens is 3. The van der Waals surface area contributed by atoms with Gasteiger partial charge in [0.1, 0.15) is 0 Å². The fourth-order valence-electron chi connectivity index (χ4n) is 3.38. The summed E-state index contributed by atoms with van der Waals surface area (Å²) in [5.74, 6) is 0. The number of nitrogens with one attached hydrogen (secondary N) is 1. The fraction of sp³-hybridized carbons (Fsp3) is 0.474. The van der Waals surface area contributed by atoms with Crippen molar-refractivity contribution in [3.8, 4) is 11.3 Å². The van der Waals surface area contributed by atoms with Gasteiger partial charge in [-0.15, -0.1) is 12.4 Å². The standard InChI is InChI=1S/C19H24Cl2N2.ClH/c1-13(2)22-9-10-23-18-6-4-3-5-14(18)12-19(23)15-7-8-16(20)17(21)11-15;/h7-8,11-13,22H,3-6,9-10H2,1-2H3;1H. The predicted octanol–water partition coefficient (Wildman–Crippen LogP) is 5.76. The van der Waals surface area contributed by atoms with Crippen LogP contribution in [0.15, 0.2) is 24.3 Å². The van der Waals surface area contributed by atoms with Gasteiger partial charge in [-0.05, 0) is 55.0 Å². The third-order valence-electron chi connectivity index (χ3n) is 4.51. The molecule has 0 bridgehead atoms. The maximum atomic E-state index is 6.24. The molecular weight excluding hydrogens is 363 g/mol. The zero-order valence-corrected chi connectivity index (χ0v) is 16.6. The van der Waals surface area contributed by atoms with Crippen molar-refractivity contribution in [2.24, 2.45) is 0 Å². The van der Waals surface area contributed by atoms with Crippen molar-refractivity contribution in [1.82, 2.24) is 9.88 Å². The van der Waals surface area contributed by atoms with E-state index in [9.17, 15) is 0 Å². The summed E-state index contributed by atoms with van der Waals surface area (Å²) in [6, 6.07) is 8.80. The second kappa shape index (κ2) is 8.62. The first-order valence-electron chi connectivity index (χ1n) is 8.46. The van der Waals surface area contributed by atoms with Crippen molar-refractivity contribution in [3.05, 3.63) is 45.6 Å². The van der Waals surface area contributed by atoms with E-state index in [2.05, 4.69) is 35.9 Å². The summed E-state index contributed by atoms with van der Waals surface area (Å²) in [7, 11) is 0. The molecule has 1 aromatic carbocycles. The molecule has 1 N–H and O–H groups in total. The van der Waals surface area contributed by atoms with Crippen LogP contribution in [0.4, 0.5) is 0 Å². The van der Waals surface area contributed by atoms with Crippen molar-refractivity contribution in [1.29, 1.82) is 0 Å². The van der Waals surface area contributed by atoms with Gasteiger partial charge in [0.2, 0.25) is 0 Å². The largest absolute Gasteiger partial charge is 0.343 e. The Labute approximate surface area is 160 Å². The Morgan fingerprint density at radius 3 is 2.54 bits per heavy atom. The van der Waals surface area contributed by atoms with Crippen molar-refractivity contribution in [2.75, 3.05) is 6.54 Å². The van der Waals surface area contributed by atoms with E-state index in [1.165, 1.54) is 42.6 Å². The lowest BCUT2D eigenvalue weighted by Gasteiger charge is -2.18. The molecule has 0 saturated heterocycles. The van der Waals surface area contributed by atoms with Gasteiger partial charge in [0.25, 0.3) is 0 Å². The Bertz CT molecular complexity index is 692. The Kier molecular flexibility index (Phi) is 7.06. The van der Waals surface area contributed by atoms with E-state index in [0.29, 0.717) is 16.1 Å². The van der Waals surface area contributed by atoms with Crippen LogP contribution in [0, 0.1) is 0 Å². The molecule has 0 spiro atoms. The zero-order chi connectivity index (χ0) is 16.4. The van der Waals surface area contributed by atoms with Crippen LogP contribution < -0.4 is 5.32 Å². The molecule has 0 aliphatic heterocycles. The van der Waals surface area contributed by atoms with E-state index >= 15 is 0 Å². The molecule has 132 valence electrons. The predicted molar refractivity (Wildman–Crippen MR) is 107 cm³/mol. The normalized spacial score (nSPS) is 13.7. The molecule has 1 aliphatic rings. The number of aromatic nitrogens is 1. The molecule has 3 rings (SSSR count).